The van der Waals surface area contributed by atoms with Gasteiger partial charge in [0.25, 0.3) is 11.5 Å². The van der Waals surface area contributed by atoms with E-state index in [9.17, 15) is 14.4 Å². The van der Waals surface area contributed by atoms with Crippen molar-refractivity contribution < 1.29 is 9.59 Å². The van der Waals surface area contributed by atoms with Gasteiger partial charge in [-0.1, -0.05) is 0 Å². The van der Waals surface area contributed by atoms with E-state index in [-0.39, 0.29) is 35.0 Å². The summed E-state index contributed by atoms with van der Waals surface area (Å²) in [6.45, 7) is 4.66. The van der Waals surface area contributed by atoms with Crippen molar-refractivity contribution in [3.8, 4) is 0 Å². The number of nitrogens with zero attached hydrogens (tertiary/aromatic N) is 3. The molecule has 0 fully saturated rings. The number of hydrogen-bond acceptors (Lipinski definition) is 8. The standard InChI is InChI=1S/C21H26N8O3/c1-3-23-16(30)9-4-12(2)26-19(31)13-5-7-14(8-6-13)24-10-15-11-25-18-17(27-15)20(32)29-21(22)28-18/h5-8,11-12,24H,3-4,9-10H2,1-2H3,(H,23,30)(H,26,31)(H3,22,25,28,29,32)/t12-/m1/s1. The van der Waals surface area contributed by atoms with Crippen LogP contribution < -0.4 is 27.2 Å². The van der Waals surface area contributed by atoms with Crippen LogP contribution in [0.3, 0.4) is 0 Å². The van der Waals surface area contributed by atoms with Crippen LogP contribution in [-0.4, -0.2) is 44.3 Å². The fraction of sp³-hybridized carbons (Fsp3) is 0.333. The van der Waals surface area contributed by atoms with Gasteiger partial charge in [-0.2, -0.15) is 4.98 Å². The molecule has 0 aliphatic heterocycles. The van der Waals surface area contributed by atoms with Crippen molar-refractivity contribution in [2.75, 3.05) is 17.6 Å². The van der Waals surface area contributed by atoms with Crippen molar-refractivity contribution in [3.63, 3.8) is 0 Å². The third-order valence-electron chi connectivity index (χ3n) is 4.66. The zero-order valence-electron chi connectivity index (χ0n) is 17.9. The number of hydrogen-bond donors (Lipinski definition) is 5. The highest BCUT2D eigenvalue weighted by atomic mass is 16.2. The van der Waals surface area contributed by atoms with Gasteiger partial charge in [0.15, 0.2) is 11.2 Å². The van der Waals surface area contributed by atoms with Gasteiger partial charge in [-0.15, -0.1) is 0 Å². The fourth-order valence-corrected chi connectivity index (χ4v) is 3.00. The number of anilines is 2. The first-order valence-corrected chi connectivity index (χ1v) is 10.3. The summed E-state index contributed by atoms with van der Waals surface area (Å²) in [6, 6.07) is 6.84. The summed E-state index contributed by atoms with van der Waals surface area (Å²) in [4.78, 5) is 50.6. The van der Waals surface area contributed by atoms with Gasteiger partial charge in [0.05, 0.1) is 18.4 Å². The van der Waals surface area contributed by atoms with Crippen LogP contribution in [0.2, 0.25) is 0 Å². The maximum atomic E-state index is 12.4. The number of H-pyrrole nitrogens is 1. The molecule has 0 aliphatic rings. The van der Waals surface area contributed by atoms with Crippen LogP contribution in [0.15, 0.2) is 35.3 Å². The van der Waals surface area contributed by atoms with E-state index in [1.807, 2.05) is 13.8 Å². The zero-order chi connectivity index (χ0) is 23.1. The van der Waals surface area contributed by atoms with Crippen LogP contribution in [0, 0.1) is 0 Å². The second-order valence-electron chi connectivity index (χ2n) is 7.28. The lowest BCUT2D eigenvalue weighted by Crippen LogP contribution is -2.34. The Bertz CT molecular complexity index is 1160. The predicted octanol–water partition coefficient (Wildman–Crippen LogP) is 0.942. The Morgan fingerprint density at radius 3 is 2.66 bits per heavy atom. The summed E-state index contributed by atoms with van der Waals surface area (Å²) < 4.78 is 0. The average Bonchev–Trinajstić information content (AvgIpc) is 2.77. The van der Waals surface area contributed by atoms with Gasteiger partial charge in [-0.25, -0.2) is 9.97 Å². The smallest absolute Gasteiger partial charge is 0.280 e. The van der Waals surface area contributed by atoms with E-state index < -0.39 is 5.56 Å². The number of nitrogen functional groups attached to an aromatic ring is 1. The number of carbonyl (C=O) groups is 2. The monoisotopic (exact) mass is 438 g/mol. The van der Waals surface area contributed by atoms with E-state index in [4.69, 9.17) is 5.73 Å². The van der Waals surface area contributed by atoms with Gasteiger partial charge >= 0.3 is 0 Å². The number of rotatable bonds is 9. The second kappa shape index (κ2) is 10.3. The van der Waals surface area contributed by atoms with Crippen LogP contribution in [-0.2, 0) is 11.3 Å². The molecule has 1 atom stereocenters. The lowest BCUT2D eigenvalue weighted by molar-refractivity contribution is -0.121. The van der Waals surface area contributed by atoms with Crippen molar-refractivity contribution in [3.05, 3.63) is 52.1 Å². The van der Waals surface area contributed by atoms with Gasteiger partial charge in [-0.05, 0) is 44.5 Å². The van der Waals surface area contributed by atoms with E-state index in [1.54, 1.807) is 24.3 Å². The first-order valence-electron chi connectivity index (χ1n) is 10.3. The topological polar surface area (TPSA) is 168 Å². The normalized spacial score (nSPS) is 11.7. The van der Waals surface area contributed by atoms with E-state index in [2.05, 4.69) is 35.9 Å². The molecule has 0 radical (unpaired) electrons. The first kappa shape index (κ1) is 22.7. The lowest BCUT2D eigenvalue weighted by atomic mass is 10.1. The van der Waals surface area contributed by atoms with Crippen LogP contribution in [0.4, 0.5) is 11.6 Å². The maximum Gasteiger partial charge on any atom is 0.280 e. The molecule has 0 spiro atoms. The maximum absolute atomic E-state index is 12.4. The number of aromatic amines is 1. The highest BCUT2D eigenvalue weighted by molar-refractivity contribution is 5.94. The number of aromatic nitrogens is 4. The van der Waals surface area contributed by atoms with E-state index >= 15 is 0 Å². The van der Waals surface area contributed by atoms with E-state index in [1.165, 1.54) is 6.20 Å². The third-order valence-corrected chi connectivity index (χ3v) is 4.66. The van der Waals surface area contributed by atoms with E-state index in [0.29, 0.717) is 37.2 Å². The van der Waals surface area contributed by atoms with Crippen molar-refractivity contribution in [2.45, 2.75) is 39.3 Å². The van der Waals surface area contributed by atoms with Crippen molar-refractivity contribution in [1.29, 1.82) is 0 Å². The molecule has 3 rings (SSSR count). The number of carbonyl (C=O) groups excluding carboxylic acids is 2. The molecule has 0 aliphatic carbocycles. The number of nitrogens with one attached hydrogen (secondary N) is 4. The quantitative estimate of drug-likeness (QED) is 0.329. The number of nitrogens with two attached hydrogens (primary N) is 1. The number of benzene rings is 1. The summed E-state index contributed by atoms with van der Waals surface area (Å²) in [6.07, 6.45) is 2.45. The molecule has 168 valence electrons. The molecule has 0 saturated carbocycles. The molecule has 11 heteroatoms. The minimum Gasteiger partial charge on any atom is -0.379 e. The van der Waals surface area contributed by atoms with Crippen LogP contribution in [0.1, 0.15) is 42.7 Å². The molecule has 2 aromatic heterocycles. The van der Waals surface area contributed by atoms with Crippen LogP contribution in [0.25, 0.3) is 11.2 Å². The number of fused-ring (bicyclic) bond motifs is 1. The van der Waals surface area contributed by atoms with Gasteiger partial charge < -0.3 is 21.7 Å². The zero-order valence-corrected chi connectivity index (χ0v) is 17.9. The summed E-state index contributed by atoms with van der Waals surface area (Å²) in [5, 5.41) is 8.80. The molecule has 11 nitrogen and oxygen atoms in total. The predicted molar refractivity (Wildman–Crippen MR) is 121 cm³/mol. The molecule has 0 bridgehead atoms. The van der Waals surface area contributed by atoms with Crippen molar-refractivity contribution in [2.24, 2.45) is 0 Å². The average molecular weight is 438 g/mol. The Kier molecular flexibility index (Phi) is 7.32. The van der Waals surface area contributed by atoms with Gasteiger partial charge in [0, 0.05) is 30.3 Å². The van der Waals surface area contributed by atoms with Gasteiger partial charge in [0.1, 0.15) is 0 Å². The SMILES string of the molecule is CCNC(=O)CC[C@@H](C)NC(=O)c1ccc(NCc2cnc3nc(N)[nH]c(=O)c3n2)cc1. The van der Waals surface area contributed by atoms with Gasteiger partial charge in [0.2, 0.25) is 11.9 Å². The summed E-state index contributed by atoms with van der Waals surface area (Å²) >= 11 is 0. The highest BCUT2D eigenvalue weighted by Crippen LogP contribution is 2.12. The van der Waals surface area contributed by atoms with Crippen LogP contribution >= 0.6 is 0 Å². The Morgan fingerprint density at radius 1 is 1.19 bits per heavy atom. The lowest BCUT2D eigenvalue weighted by Gasteiger charge is -2.14. The fourth-order valence-electron chi connectivity index (χ4n) is 3.00. The Hall–Kier alpha value is -4.02. The Labute approximate surface area is 184 Å². The number of amides is 2. The summed E-state index contributed by atoms with van der Waals surface area (Å²) in [5.41, 5.74) is 7.20. The summed E-state index contributed by atoms with van der Waals surface area (Å²) in [5.74, 6) is -0.236. The van der Waals surface area contributed by atoms with Gasteiger partial charge in [-0.3, -0.25) is 19.4 Å². The highest BCUT2D eigenvalue weighted by Gasteiger charge is 2.12. The minimum atomic E-state index is -0.447. The van der Waals surface area contributed by atoms with Crippen molar-refractivity contribution >= 4 is 34.6 Å². The molecular weight excluding hydrogens is 412 g/mol. The first-order chi connectivity index (χ1) is 15.4. The molecular formula is C21H26N8O3. The molecule has 2 heterocycles. The van der Waals surface area contributed by atoms with Crippen molar-refractivity contribution in [1.82, 2.24) is 30.6 Å². The third kappa shape index (κ3) is 6.00. The molecule has 0 unspecified atom stereocenters. The minimum absolute atomic E-state index is 0.0109. The molecule has 2 amide bonds. The van der Waals surface area contributed by atoms with Crippen LogP contribution in [0.5, 0.6) is 0 Å². The molecule has 32 heavy (non-hydrogen) atoms. The molecule has 3 aromatic rings. The molecule has 1 aromatic carbocycles. The van der Waals surface area contributed by atoms with E-state index in [0.717, 1.165) is 5.69 Å². The Balaban J connectivity index is 1.54. The summed E-state index contributed by atoms with van der Waals surface area (Å²) in [7, 11) is 0. The Morgan fingerprint density at radius 2 is 1.94 bits per heavy atom. The second-order valence-corrected chi connectivity index (χ2v) is 7.28. The largest absolute Gasteiger partial charge is 0.379 e. The molecule has 0 saturated heterocycles. The molecule has 6 N–H and O–H groups in total.